The van der Waals surface area contributed by atoms with Crippen LogP contribution in [0.25, 0.3) is 4.85 Å². The molecule has 0 aromatic carbocycles. The molecule has 154 valence electrons. The number of allylic oxidation sites excluding steroid dienone is 1. The van der Waals surface area contributed by atoms with Crippen LogP contribution in [0.4, 0.5) is 0 Å². The summed E-state index contributed by atoms with van der Waals surface area (Å²) >= 11 is 0. The zero-order chi connectivity index (χ0) is 19.6. The van der Waals surface area contributed by atoms with Gasteiger partial charge in [-0.15, -0.1) is 0 Å². The van der Waals surface area contributed by atoms with E-state index in [1.54, 1.807) is 0 Å². The van der Waals surface area contributed by atoms with E-state index < -0.39 is 0 Å². The van der Waals surface area contributed by atoms with Crippen molar-refractivity contribution in [3.8, 4) is 6.07 Å². The first-order valence-corrected chi connectivity index (χ1v) is 11.3. The minimum atomic E-state index is 0.271. The largest absolute Gasteiger partial charge is 0.365 e. The molecule has 0 aliphatic carbocycles. The van der Waals surface area contributed by atoms with E-state index in [-0.39, 0.29) is 5.70 Å². The average molecular weight is 385 g/mol. The summed E-state index contributed by atoms with van der Waals surface area (Å²) < 4.78 is 0. The summed E-state index contributed by atoms with van der Waals surface area (Å²) in [6.07, 6.45) is 10.4. The van der Waals surface area contributed by atoms with E-state index in [1.807, 2.05) is 0 Å². The molecule has 0 radical (unpaired) electrons. The molecule has 6 nitrogen and oxygen atoms in total. The van der Waals surface area contributed by atoms with Gasteiger partial charge in [-0.1, -0.05) is 12.8 Å². The Balaban J connectivity index is 1.49. The lowest BCUT2D eigenvalue weighted by Crippen LogP contribution is -2.37. The van der Waals surface area contributed by atoms with Gasteiger partial charge in [0, 0.05) is 32.7 Å². The van der Waals surface area contributed by atoms with E-state index in [1.165, 1.54) is 77.7 Å². The molecule has 3 heterocycles. The average Bonchev–Trinajstić information content (AvgIpc) is 3.15. The number of rotatable bonds is 8. The molecule has 0 atom stereocenters. The van der Waals surface area contributed by atoms with Gasteiger partial charge in [-0.3, -0.25) is 0 Å². The second-order valence-corrected chi connectivity index (χ2v) is 8.38. The quantitative estimate of drug-likeness (QED) is 0.366. The first-order valence-electron chi connectivity index (χ1n) is 11.3. The molecule has 3 fully saturated rings. The van der Waals surface area contributed by atoms with Crippen molar-refractivity contribution in [2.75, 3.05) is 65.4 Å². The summed E-state index contributed by atoms with van der Waals surface area (Å²) in [7, 11) is 0. The van der Waals surface area contributed by atoms with Crippen LogP contribution in [-0.4, -0.2) is 85.0 Å². The molecule has 0 saturated carbocycles. The van der Waals surface area contributed by atoms with E-state index in [2.05, 4.69) is 30.5 Å². The molecule has 0 unspecified atom stereocenters. The van der Waals surface area contributed by atoms with Crippen LogP contribution >= 0.6 is 0 Å². The van der Waals surface area contributed by atoms with Gasteiger partial charge in [0.25, 0.3) is 0 Å². The van der Waals surface area contributed by atoms with Gasteiger partial charge in [0.2, 0.25) is 0 Å². The number of hydrogen-bond acceptors (Lipinski definition) is 5. The Morgan fingerprint density at radius 2 is 1.29 bits per heavy atom. The molecule has 3 aliphatic heterocycles. The molecule has 6 heteroatoms. The lowest BCUT2D eigenvalue weighted by Gasteiger charge is -2.31. The molecular formula is C22H36N6. The maximum Gasteiger partial charge on any atom is 0.300 e. The Labute approximate surface area is 171 Å². The first-order chi connectivity index (χ1) is 13.8. The molecule has 0 N–H and O–H groups in total. The van der Waals surface area contributed by atoms with Gasteiger partial charge >= 0.3 is 5.70 Å². The molecule has 0 spiro atoms. The van der Waals surface area contributed by atoms with Crippen molar-refractivity contribution in [3.05, 3.63) is 22.9 Å². The van der Waals surface area contributed by atoms with Crippen LogP contribution in [0, 0.1) is 17.9 Å². The molecule has 3 rings (SSSR count). The lowest BCUT2D eigenvalue weighted by molar-refractivity contribution is 0.201. The summed E-state index contributed by atoms with van der Waals surface area (Å²) in [5.74, 6) is 0.896. The highest BCUT2D eigenvalue weighted by molar-refractivity contribution is 5.33. The third-order valence-corrected chi connectivity index (χ3v) is 6.40. The molecule has 0 aromatic rings. The van der Waals surface area contributed by atoms with Crippen molar-refractivity contribution in [2.45, 2.75) is 51.4 Å². The molecule has 3 aliphatic rings. The van der Waals surface area contributed by atoms with Crippen LogP contribution in [0.2, 0.25) is 0 Å². The van der Waals surface area contributed by atoms with E-state index in [0.29, 0.717) is 0 Å². The maximum absolute atomic E-state index is 9.49. The Hall–Kier alpha value is -1.76. The zero-order valence-electron chi connectivity index (χ0n) is 17.4. The minimum Gasteiger partial charge on any atom is -0.365 e. The number of nitrogens with zero attached hydrogens (tertiary/aromatic N) is 6. The van der Waals surface area contributed by atoms with Crippen LogP contribution in [0.15, 0.2) is 11.5 Å². The summed E-state index contributed by atoms with van der Waals surface area (Å²) in [6, 6.07) is 2.15. The number of hydrogen-bond donors (Lipinski definition) is 0. The van der Waals surface area contributed by atoms with Gasteiger partial charge < -0.3 is 19.6 Å². The Morgan fingerprint density at radius 1 is 0.750 bits per heavy atom. The zero-order valence-corrected chi connectivity index (χ0v) is 17.4. The van der Waals surface area contributed by atoms with E-state index in [4.69, 9.17) is 6.57 Å². The second kappa shape index (κ2) is 11.3. The summed E-state index contributed by atoms with van der Waals surface area (Å²) in [5.41, 5.74) is 0.271. The number of nitriles is 1. The Bertz CT molecular complexity index is 573. The minimum absolute atomic E-state index is 0.271. The standard InChI is InChI=1S/C22H36N6/c1-24-21(20-23)22-27(15-9-8-14-25-10-4-2-5-11-25)18-19-28(22)17-16-26-12-6-3-7-13-26/h2-19H2/b22-21-. The van der Waals surface area contributed by atoms with Crippen molar-refractivity contribution in [2.24, 2.45) is 0 Å². The predicted molar refractivity (Wildman–Crippen MR) is 112 cm³/mol. The lowest BCUT2D eigenvalue weighted by atomic mass is 10.1. The van der Waals surface area contributed by atoms with Crippen LogP contribution < -0.4 is 0 Å². The van der Waals surface area contributed by atoms with E-state index >= 15 is 0 Å². The SMILES string of the molecule is [C-]#[N+]/C(C#N)=C1/N(CCCCN2CCCCC2)CCN1CCN1CCCCC1. The molecular weight excluding hydrogens is 348 g/mol. The van der Waals surface area contributed by atoms with Crippen molar-refractivity contribution in [1.29, 1.82) is 5.26 Å². The number of unbranched alkanes of at least 4 members (excludes halogenated alkanes) is 1. The second-order valence-electron chi connectivity index (χ2n) is 8.38. The monoisotopic (exact) mass is 384 g/mol. The molecule has 28 heavy (non-hydrogen) atoms. The highest BCUT2D eigenvalue weighted by Crippen LogP contribution is 2.24. The number of piperidine rings is 2. The molecule has 0 aromatic heterocycles. The predicted octanol–water partition coefficient (Wildman–Crippen LogP) is 2.97. The van der Waals surface area contributed by atoms with Crippen LogP contribution in [0.3, 0.4) is 0 Å². The van der Waals surface area contributed by atoms with Crippen molar-refractivity contribution in [3.63, 3.8) is 0 Å². The van der Waals surface area contributed by atoms with Gasteiger partial charge in [0.15, 0.2) is 0 Å². The third kappa shape index (κ3) is 5.87. The third-order valence-electron chi connectivity index (χ3n) is 6.40. The van der Waals surface area contributed by atoms with Crippen LogP contribution in [0.1, 0.15) is 51.4 Å². The van der Waals surface area contributed by atoms with Crippen LogP contribution in [0.5, 0.6) is 0 Å². The molecule has 3 saturated heterocycles. The Kier molecular flexibility index (Phi) is 8.45. The van der Waals surface area contributed by atoms with Crippen molar-refractivity contribution in [1.82, 2.24) is 19.6 Å². The first kappa shape index (κ1) is 21.0. The fourth-order valence-electron chi connectivity index (χ4n) is 4.78. The fraction of sp³-hybridized carbons (Fsp3) is 0.818. The smallest absolute Gasteiger partial charge is 0.300 e. The van der Waals surface area contributed by atoms with Crippen molar-refractivity contribution >= 4 is 0 Å². The van der Waals surface area contributed by atoms with E-state index in [9.17, 15) is 5.26 Å². The fourth-order valence-corrected chi connectivity index (χ4v) is 4.78. The number of likely N-dealkylation sites (tertiary alicyclic amines) is 2. The Morgan fingerprint density at radius 3 is 1.86 bits per heavy atom. The highest BCUT2D eigenvalue weighted by atomic mass is 15.4. The normalized spacial score (nSPS) is 23.5. The molecule has 0 bridgehead atoms. The van der Waals surface area contributed by atoms with E-state index in [0.717, 1.165) is 45.0 Å². The van der Waals surface area contributed by atoms with Gasteiger partial charge in [0.05, 0.1) is 12.6 Å². The van der Waals surface area contributed by atoms with Gasteiger partial charge in [-0.05, 0) is 71.2 Å². The topological polar surface area (TPSA) is 41.1 Å². The summed E-state index contributed by atoms with van der Waals surface area (Å²) in [5, 5.41) is 9.49. The van der Waals surface area contributed by atoms with Crippen molar-refractivity contribution < 1.29 is 0 Å². The van der Waals surface area contributed by atoms with Gasteiger partial charge in [0.1, 0.15) is 5.82 Å². The summed E-state index contributed by atoms with van der Waals surface area (Å²) in [6.45, 7) is 18.4. The van der Waals surface area contributed by atoms with Gasteiger partial charge in [-0.2, -0.15) is 0 Å². The van der Waals surface area contributed by atoms with Crippen LogP contribution in [-0.2, 0) is 0 Å². The summed E-state index contributed by atoms with van der Waals surface area (Å²) in [4.78, 5) is 13.3. The molecule has 0 amide bonds. The highest BCUT2D eigenvalue weighted by Gasteiger charge is 2.28. The van der Waals surface area contributed by atoms with Gasteiger partial charge in [-0.25, -0.2) is 10.1 Å². The maximum atomic E-state index is 9.49.